The van der Waals surface area contributed by atoms with Crippen molar-refractivity contribution in [1.82, 2.24) is 20.1 Å². The van der Waals surface area contributed by atoms with E-state index in [9.17, 15) is 9.59 Å². The van der Waals surface area contributed by atoms with Crippen LogP contribution in [0, 0.1) is 0 Å². The van der Waals surface area contributed by atoms with Crippen LogP contribution in [0.1, 0.15) is 16.2 Å². The molecule has 0 aliphatic rings. The van der Waals surface area contributed by atoms with Crippen LogP contribution < -0.4 is 14.8 Å². The van der Waals surface area contributed by atoms with Gasteiger partial charge in [-0.2, -0.15) is 0 Å². The van der Waals surface area contributed by atoms with E-state index in [2.05, 4.69) is 15.5 Å². The first kappa shape index (κ1) is 23.1. The molecule has 0 atom stereocenters. The molecule has 0 saturated heterocycles. The lowest BCUT2D eigenvalue weighted by Crippen LogP contribution is -2.31. The molecule has 34 heavy (non-hydrogen) atoms. The fraction of sp³-hybridized carbons (Fsp3) is 0.120. The quantitative estimate of drug-likeness (QED) is 0.368. The molecule has 0 radical (unpaired) electrons. The molecule has 8 nitrogen and oxygen atoms in total. The summed E-state index contributed by atoms with van der Waals surface area (Å²) in [7, 11) is 1.61. The molecule has 4 rings (SSSR count). The Kier molecular flexibility index (Phi) is 7.56. The number of imide groups is 1. The summed E-state index contributed by atoms with van der Waals surface area (Å²) >= 11 is 1.19. The molecule has 0 aliphatic heterocycles. The molecule has 9 heteroatoms. The summed E-state index contributed by atoms with van der Waals surface area (Å²) in [5.41, 5.74) is 1.26. The molecule has 2 amide bonds. The van der Waals surface area contributed by atoms with Gasteiger partial charge in [-0.3, -0.25) is 19.5 Å². The molecule has 4 aromatic rings. The van der Waals surface area contributed by atoms with Gasteiger partial charge in [-0.15, -0.1) is 10.2 Å². The van der Waals surface area contributed by atoms with Gasteiger partial charge in [0, 0.05) is 11.3 Å². The van der Waals surface area contributed by atoms with Crippen LogP contribution in [0.4, 0.5) is 0 Å². The summed E-state index contributed by atoms with van der Waals surface area (Å²) in [6.07, 6.45) is 0. The van der Waals surface area contributed by atoms with Gasteiger partial charge in [0.05, 0.1) is 12.9 Å². The SMILES string of the molecule is COc1ccc(OCc2nnc(SCC(=O)NC(=O)c3ccccc3)n2-c2ccccc2)cc1. The van der Waals surface area contributed by atoms with Crippen LogP contribution in [0.2, 0.25) is 0 Å². The van der Waals surface area contributed by atoms with E-state index in [4.69, 9.17) is 9.47 Å². The van der Waals surface area contributed by atoms with Crippen LogP contribution in [0.25, 0.3) is 5.69 Å². The van der Waals surface area contributed by atoms with E-state index in [1.165, 1.54) is 11.8 Å². The van der Waals surface area contributed by atoms with Crippen LogP contribution in [0.15, 0.2) is 90.1 Å². The minimum absolute atomic E-state index is 0.00285. The van der Waals surface area contributed by atoms with E-state index in [0.717, 1.165) is 11.4 Å². The van der Waals surface area contributed by atoms with E-state index in [1.807, 2.05) is 59.2 Å². The van der Waals surface area contributed by atoms with Crippen molar-refractivity contribution in [1.29, 1.82) is 0 Å². The van der Waals surface area contributed by atoms with E-state index in [1.54, 1.807) is 37.4 Å². The highest BCUT2D eigenvalue weighted by molar-refractivity contribution is 7.99. The van der Waals surface area contributed by atoms with E-state index in [-0.39, 0.29) is 12.4 Å². The predicted molar refractivity (Wildman–Crippen MR) is 128 cm³/mol. The zero-order valence-corrected chi connectivity index (χ0v) is 19.2. The van der Waals surface area contributed by atoms with Gasteiger partial charge in [-0.1, -0.05) is 48.2 Å². The number of thioether (sulfide) groups is 1. The standard InChI is InChI=1S/C25H22N4O4S/c1-32-20-12-14-21(15-13-20)33-16-22-27-28-25(29(22)19-10-6-3-7-11-19)34-17-23(30)26-24(31)18-8-4-2-5-9-18/h2-15H,16-17H2,1H3,(H,26,30,31). The fourth-order valence-electron chi connectivity index (χ4n) is 3.10. The van der Waals surface area contributed by atoms with Crippen LogP contribution >= 0.6 is 11.8 Å². The zero-order valence-electron chi connectivity index (χ0n) is 18.4. The molecule has 0 unspecified atom stereocenters. The number of ether oxygens (including phenoxy) is 2. The van der Waals surface area contributed by atoms with Crippen molar-refractivity contribution in [2.75, 3.05) is 12.9 Å². The van der Waals surface area contributed by atoms with Crippen molar-refractivity contribution in [2.45, 2.75) is 11.8 Å². The third kappa shape index (κ3) is 5.81. The van der Waals surface area contributed by atoms with Gasteiger partial charge in [-0.25, -0.2) is 0 Å². The first-order chi connectivity index (χ1) is 16.6. The number of carbonyl (C=O) groups excluding carboxylic acids is 2. The number of benzene rings is 3. The molecule has 172 valence electrons. The number of nitrogens with zero attached hydrogens (tertiary/aromatic N) is 3. The zero-order chi connectivity index (χ0) is 23.8. The van der Waals surface area contributed by atoms with Gasteiger partial charge in [0.2, 0.25) is 5.91 Å². The molecule has 1 heterocycles. The van der Waals surface area contributed by atoms with Gasteiger partial charge >= 0.3 is 0 Å². The summed E-state index contributed by atoms with van der Waals surface area (Å²) < 4.78 is 12.9. The number of methoxy groups -OCH3 is 1. The monoisotopic (exact) mass is 474 g/mol. The highest BCUT2D eigenvalue weighted by Gasteiger charge is 2.17. The number of hydrogen-bond donors (Lipinski definition) is 1. The average molecular weight is 475 g/mol. The highest BCUT2D eigenvalue weighted by Crippen LogP contribution is 2.24. The Morgan fingerprint density at radius 1 is 0.882 bits per heavy atom. The van der Waals surface area contributed by atoms with Crippen molar-refractivity contribution in [3.05, 3.63) is 96.3 Å². The summed E-state index contributed by atoms with van der Waals surface area (Å²) in [5, 5.41) is 11.4. The minimum atomic E-state index is -0.440. The molecule has 0 saturated carbocycles. The number of aromatic nitrogens is 3. The summed E-state index contributed by atoms with van der Waals surface area (Å²) in [5.74, 6) is 1.12. The van der Waals surface area contributed by atoms with Crippen molar-refractivity contribution < 1.29 is 19.1 Å². The van der Waals surface area contributed by atoms with Crippen molar-refractivity contribution in [3.63, 3.8) is 0 Å². The van der Waals surface area contributed by atoms with Crippen LogP contribution in [-0.2, 0) is 11.4 Å². The van der Waals surface area contributed by atoms with E-state index < -0.39 is 11.8 Å². The number of hydrogen-bond acceptors (Lipinski definition) is 7. The second kappa shape index (κ2) is 11.2. The Bertz CT molecular complexity index is 1250. The first-order valence-corrected chi connectivity index (χ1v) is 11.4. The van der Waals surface area contributed by atoms with Crippen LogP contribution in [0.5, 0.6) is 11.5 Å². The Morgan fingerprint density at radius 3 is 2.21 bits per heavy atom. The maximum absolute atomic E-state index is 12.4. The van der Waals surface area contributed by atoms with E-state index >= 15 is 0 Å². The molecule has 0 fully saturated rings. The fourth-order valence-corrected chi connectivity index (χ4v) is 3.87. The Hall–Kier alpha value is -4.11. The number of carbonyl (C=O) groups is 2. The van der Waals surface area contributed by atoms with Gasteiger partial charge < -0.3 is 9.47 Å². The van der Waals surface area contributed by atoms with Crippen molar-refractivity contribution >= 4 is 23.6 Å². The van der Waals surface area contributed by atoms with Crippen LogP contribution in [-0.4, -0.2) is 39.4 Å². The summed E-state index contributed by atoms with van der Waals surface area (Å²) in [4.78, 5) is 24.6. The molecular weight excluding hydrogens is 452 g/mol. The number of amides is 2. The maximum atomic E-state index is 12.4. The second-order valence-corrected chi connectivity index (χ2v) is 8.01. The molecule has 1 N–H and O–H groups in total. The summed E-state index contributed by atoms with van der Waals surface area (Å²) in [6, 6.07) is 25.4. The Labute approximate surface area is 200 Å². The number of rotatable bonds is 9. The number of nitrogens with one attached hydrogen (secondary N) is 1. The van der Waals surface area contributed by atoms with Crippen molar-refractivity contribution in [2.24, 2.45) is 0 Å². The Morgan fingerprint density at radius 2 is 1.53 bits per heavy atom. The second-order valence-electron chi connectivity index (χ2n) is 7.07. The molecule has 0 spiro atoms. The lowest BCUT2D eigenvalue weighted by Gasteiger charge is -2.11. The van der Waals surface area contributed by atoms with Crippen molar-refractivity contribution in [3.8, 4) is 17.2 Å². The highest BCUT2D eigenvalue weighted by atomic mass is 32.2. The number of para-hydroxylation sites is 1. The minimum Gasteiger partial charge on any atom is -0.497 e. The first-order valence-electron chi connectivity index (χ1n) is 10.4. The third-order valence-electron chi connectivity index (χ3n) is 4.76. The van der Waals surface area contributed by atoms with Gasteiger partial charge in [0.25, 0.3) is 5.91 Å². The van der Waals surface area contributed by atoms with Gasteiger partial charge in [0.1, 0.15) is 18.1 Å². The largest absolute Gasteiger partial charge is 0.497 e. The smallest absolute Gasteiger partial charge is 0.257 e. The molecule has 3 aromatic carbocycles. The van der Waals surface area contributed by atoms with Gasteiger partial charge in [-0.05, 0) is 48.5 Å². The predicted octanol–water partition coefficient (Wildman–Crippen LogP) is 3.90. The van der Waals surface area contributed by atoms with E-state index in [0.29, 0.717) is 22.3 Å². The Balaban J connectivity index is 1.45. The molecule has 0 bridgehead atoms. The maximum Gasteiger partial charge on any atom is 0.257 e. The molecule has 1 aromatic heterocycles. The third-order valence-corrected chi connectivity index (χ3v) is 5.69. The normalized spacial score (nSPS) is 10.5. The lowest BCUT2D eigenvalue weighted by molar-refractivity contribution is -0.117. The lowest BCUT2D eigenvalue weighted by atomic mass is 10.2. The average Bonchev–Trinajstić information content (AvgIpc) is 3.30. The topological polar surface area (TPSA) is 95.3 Å². The molecular formula is C25H22N4O4S. The molecule has 0 aliphatic carbocycles. The van der Waals surface area contributed by atoms with Gasteiger partial charge in [0.15, 0.2) is 11.0 Å². The summed E-state index contributed by atoms with van der Waals surface area (Å²) in [6.45, 7) is 0.174. The van der Waals surface area contributed by atoms with Crippen LogP contribution in [0.3, 0.4) is 0 Å².